The third-order valence-electron chi connectivity index (χ3n) is 6.19. The van der Waals surface area contributed by atoms with E-state index in [4.69, 9.17) is 16.3 Å². The number of carbonyl (C=O) groups excluding carboxylic acids is 2. The van der Waals surface area contributed by atoms with E-state index in [-0.39, 0.29) is 6.54 Å². The number of hydrogen-bond acceptors (Lipinski definition) is 6. The van der Waals surface area contributed by atoms with Gasteiger partial charge in [-0.25, -0.2) is 0 Å². The number of aliphatic hydroxyl groups is 2. The van der Waals surface area contributed by atoms with Crippen molar-refractivity contribution in [1.29, 1.82) is 0 Å². The van der Waals surface area contributed by atoms with Gasteiger partial charge in [-0.05, 0) is 47.5 Å². The maximum atomic E-state index is 12.7. The number of benzene rings is 3. The van der Waals surface area contributed by atoms with Gasteiger partial charge in [0.15, 0.2) is 12.2 Å². The van der Waals surface area contributed by atoms with E-state index in [2.05, 4.69) is 10.2 Å². The van der Waals surface area contributed by atoms with Gasteiger partial charge in [-0.2, -0.15) is 0 Å². The summed E-state index contributed by atoms with van der Waals surface area (Å²) >= 11 is 6.00. The fourth-order valence-electron chi connectivity index (χ4n) is 4.12. The van der Waals surface area contributed by atoms with Crippen LogP contribution in [0.25, 0.3) is 0 Å². The van der Waals surface area contributed by atoms with Gasteiger partial charge < -0.3 is 30.1 Å². The second-order valence-corrected chi connectivity index (χ2v) is 9.26. The van der Waals surface area contributed by atoms with E-state index in [1.54, 1.807) is 30.3 Å². The average molecular weight is 524 g/mol. The van der Waals surface area contributed by atoms with Crippen LogP contribution in [-0.2, 0) is 22.7 Å². The minimum atomic E-state index is -1.87. The second-order valence-electron chi connectivity index (χ2n) is 8.82. The Labute approximate surface area is 221 Å². The number of rotatable bonds is 9. The van der Waals surface area contributed by atoms with Crippen molar-refractivity contribution in [2.45, 2.75) is 25.4 Å². The number of nitrogens with zero attached hydrogens (tertiary/aromatic N) is 2. The molecular formula is C28H30ClN3O5. The molecule has 3 N–H and O–H groups in total. The standard InChI is InChI=1S/C28H30ClN3O5/c29-22-8-4-7-21(16-22)19-37-24-11-5-6-20(17-24)18-30-27(35)25(33)26(34)28(36)32-14-12-31(13-15-32)23-9-2-1-3-10-23/h1-11,16-17,25-26,33-34H,12-15,18-19H2,(H,30,35)/t25-,26-/m1/s1. The topological polar surface area (TPSA) is 102 Å². The van der Waals surface area contributed by atoms with Crippen molar-refractivity contribution in [3.05, 3.63) is 95.0 Å². The smallest absolute Gasteiger partial charge is 0.254 e. The third kappa shape index (κ3) is 7.22. The highest BCUT2D eigenvalue weighted by molar-refractivity contribution is 6.30. The summed E-state index contributed by atoms with van der Waals surface area (Å²) in [6, 6.07) is 24.4. The van der Waals surface area contributed by atoms with Gasteiger partial charge in [0.2, 0.25) is 0 Å². The van der Waals surface area contributed by atoms with Crippen molar-refractivity contribution >= 4 is 29.1 Å². The lowest BCUT2D eigenvalue weighted by Crippen LogP contribution is -2.55. The number of anilines is 1. The molecule has 1 heterocycles. The number of ether oxygens (including phenoxy) is 1. The summed E-state index contributed by atoms with van der Waals surface area (Å²) in [5, 5.41) is 23.9. The quantitative estimate of drug-likeness (QED) is 0.398. The zero-order valence-electron chi connectivity index (χ0n) is 20.3. The summed E-state index contributed by atoms with van der Waals surface area (Å²) in [6.45, 7) is 2.41. The van der Waals surface area contributed by atoms with E-state index in [1.807, 2.05) is 48.5 Å². The molecule has 2 atom stereocenters. The Balaban J connectivity index is 1.24. The Kier molecular flexibility index (Phi) is 9.00. The average Bonchev–Trinajstić information content (AvgIpc) is 2.94. The van der Waals surface area contributed by atoms with Gasteiger partial charge in [-0.15, -0.1) is 0 Å². The molecule has 0 radical (unpaired) electrons. The van der Waals surface area contributed by atoms with Crippen molar-refractivity contribution in [1.82, 2.24) is 10.2 Å². The predicted molar refractivity (Wildman–Crippen MR) is 141 cm³/mol. The van der Waals surface area contributed by atoms with Crippen LogP contribution in [0.4, 0.5) is 5.69 Å². The van der Waals surface area contributed by atoms with E-state index < -0.39 is 24.0 Å². The summed E-state index contributed by atoms with van der Waals surface area (Å²) < 4.78 is 5.80. The number of halogens is 1. The molecule has 0 spiro atoms. The third-order valence-corrected chi connectivity index (χ3v) is 6.43. The summed E-state index contributed by atoms with van der Waals surface area (Å²) in [6.07, 6.45) is -3.71. The fourth-order valence-corrected chi connectivity index (χ4v) is 4.33. The molecular weight excluding hydrogens is 494 g/mol. The van der Waals surface area contributed by atoms with Gasteiger partial charge in [-0.1, -0.05) is 54.1 Å². The van der Waals surface area contributed by atoms with Crippen LogP contribution in [0.2, 0.25) is 5.02 Å². The minimum absolute atomic E-state index is 0.0981. The summed E-state index contributed by atoms with van der Waals surface area (Å²) in [7, 11) is 0. The minimum Gasteiger partial charge on any atom is -0.489 e. The summed E-state index contributed by atoms with van der Waals surface area (Å²) in [5.41, 5.74) is 2.73. The van der Waals surface area contributed by atoms with Crippen LogP contribution in [0.5, 0.6) is 5.75 Å². The Morgan fingerprint density at radius 1 is 0.865 bits per heavy atom. The van der Waals surface area contributed by atoms with Crippen molar-refractivity contribution in [3.8, 4) is 5.75 Å². The largest absolute Gasteiger partial charge is 0.489 e. The molecule has 194 valence electrons. The maximum Gasteiger partial charge on any atom is 0.254 e. The van der Waals surface area contributed by atoms with Gasteiger partial charge in [-0.3, -0.25) is 9.59 Å². The molecule has 1 fully saturated rings. The van der Waals surface area contributed by atoms with Crippen LogP contribution >= 0.6 is 11.6 Å². The van der Waals surface area contributed by atoms with Gasteiger partial charge >= 0.3 is 0 Å². The lowest BCUT2D eigenvalue weighted by atomic mass is 10.1. The molecule has 1 saturated heterocycles. The van der Waals surface area contributed by atoms with Gasteiger partial charge in [0, 0.05) is 43.4 Å². The van der Waals surface area contributed by atoms with Crippen LogP contribution in [-0.4, -0.2) is 65.3 Å². The number of aliphatic hydroxyl groups excluding tert-OH is 2. The lowest BCUT2D eigenvalue weighted by Gasteiger charge is -2.37. The SMILES string of the molecule is O=C(NCc1cccc(OCc2cccc(Cl)c2)c1)[C@H](O)[C@@H](O)C(=O)N1CCN(c2ccccc2)CC1. The zero-order valence-corrected chi connectivity index (χ0v) is 21.1. The number of amides is 2. The van der Waals surface area contributed by atoms with Gasteiger partial charge in [0.05, 0.1) is 0 Å². The Bertz CT molecular complexity index is 1200. The number of hydrogen-bond donors (Lipinski definition) is 3. The molecule has 0 unspecified atom stereocenters. The predicted octanol–water partition coefficient (Wildman–Crippen LogP) is 2.61. The molecule has 1 aliphatic heterocycles. The molecule has 3 aromatic carbocycles. The van der Waals surface area contributed by atoms with Crippen molar-refractivity contribution in [2.24, 2.45) is 0 Å². The molecule has 37 heavy (non-hydrogen) atoms. The molecule has 3 aromatic rings. The molecule has 0 aliphatic carbocycles. The van der Waals surface area contributed by atoms with E-state index in [1.165, 1.54) is 4.90 Å². The molecule has 0 saturated carbocycles. The number of piperazine rings is 1. The van der Waals surface area contributed by atoms with Gasteiger partial charge in [0.1, 0.15) is 12.4 Å². The Hall–Kier alpha value is -3.59. The van der Waals surface area contributed by atoms with Crippen molar-refractivity contribution < 1.29 is 24.5 Å². The van der Waals surface area contributed by atoms with Crippen LogP contribution in [0.1, 0.15) is 11.1 Å². The second kappa shape index (κ2) is 12.6. The van der Waals surface area contributed by atoms with Crippen molar-refractivity contribution in [3.63, 3.8) is 0 Å². The summed E-state index contributed by atoms with van der Waals surface area (Å²) in [4.78, 5) is 28.8. The first kappa shape index (κ1) is 26.5. The Morgan fingerprint density at radius 2 is 1.57 bits per heavy atom. The monoisotopic (exact) mass is 523 g/mol. The molecule has 9 heteroatoms. The van der Waals surface area contributed by atoms with E-state index in [9.17, 15) is 19.8 Å². The first-order chi connectivity index (χ1) is 17.9. The van der Waals surface area contributed by atoms with Crippen LogP contribution in [0, 0.1) is 0 Å². The fraction of sp³-hybridized carbons (Fsp3) is 0.286. The highest BCUT2D eigenvalue weighted by Gasteiger charge is 2.34. The molecule has 0 aromatic heterocycles. The first-order valence-electron chi connectivity index (χ1n) is 12.1. The summed E-state index contributed by atoms with van der Waals surface area (Å²) in [5.74, 6) is -0.877. The molecule has 1 aliphatic rings. The molecule has 8 nitrogen and oxygen atoms in total. The maximum absolute atomic E-state index is 12.7. The first-order valence-corrected chi connectivity index (χ1v) is 12.5. The molecule has 2 amide bonds. The van der Waals surface area contributed by atoms with Crippen LogP contribution in [0.15, 0.2) is 78.9 Å². The highest BCUT2D eigenvalue weighted by Crippen LogP contribution is 2.18. The van der Waals surface area contributed by atoms with Crippen LogP contribution < -0.4 is 15.0 Å². The lowest BCUT2D eigenvalue weighted by molar-refractivity contribution is -0.153. The number of nitrogens with one attached hydrogen (secondary N) is 1. The van der Waals surface area contributed by atoms with Gasteiger partial charge in [0.25, 0.3) is 11.8 Å². The highest BCUT2D eigenvalue weighted by atomic mass is 35.5. The van der Waals surface area contributed by atoms with Crippen LogP contribution in [0.3, 0.4) is 0 Å². The zero-order chi connectivity index (χ0) is 26.2. The normalized spacial score (nSPS) is 15.1. The number of para-hydroxylation sites is 1. The Morgan fingerprint density at radius 3 is 2.30 bits per heavy atom. The van der Waals surface area contributed by atoms with E-state index in [0.29, 0.717) is 43.6 Å². The number of carbonyl (C=O) groups is 2. The molecule has 0 bridgehead atoms. The van der Waals surface area contributed by atoms with Crippen molar-refractivity contribution in [2.75, 3.05) is 31.1 Å². The van der Waals surface area contributed by atoms with E-state index in [0.717, 1.165) is 16.8 Å². The van der Waals surface area contributed by atoms with E-state index >= 15 is 0 Å². The molecule has 4 rings (SSSR count).